The summed E-state index contributed by atoms with van der Waals surface area (Å²) in [7, 11) is -3.02. The normalized spacial score (nSPS) is 29.2. The van der Waals surface area contributed by atoms with Crippen LogP contribution in [0, 0.1) is 0 Å². The third kappa shape index (κ3) is 1.68. The number of nitrogens with one attached hydrogen (secondary N) is 1. The molecule has 1 rings (SSSR count). The number of sulfonamides is 1. The van der Waals surface area contributed by atoms with Crippen LogP contribution in [0.2, 0.25) is 0 Å². The SMILES string of the molecule is CS(=O)(=O)N1CCC([NH])C1. The van der Waals surface area contributed by atoms with E-state index in [1.165, 1.54) is 10.6 Å². The molecular weight excluding hydrogens is 152 g/mol. The summed E-state index contributed by atoms with van der Waals surface area (Å²) in [4.78, 5) is 0. The maximum absolute atomic E-state index is 10.8. The van der Waals surface area contributed by atoms with Crippen LogP contribution < -0.4 is 5.73 Å². The van der Waals surface area contributed by atoms with Gasteiger partial charge in [0.15, 0.2) is 0 Å². The van der Waals surface area contributed by atoms with Crippen LogP contribution in [0.15, 0.2) is 0 Å². The van der Waals surface area contributed by atoms with E-state index in [0.29, 0.717) is 19.5 Å². The third-order valence-electron chi connectivity index (χ3n) is 1.62. The summed E-state index contributed by atoms with van der Waals surface area (Å²) in [6, 6.07) is -0.213. The van der Waals surface area contributed by atoms with Gasteiger partial charge in [0.05, 0.1) is 6.26 Å². The Labute approximate surface area is 61.1 Å². The second kappa shape index (κ2) is 2.48. The molecule has 1 radical (unpaired) electrons. The van der Waals surface area contributed by atoms with Crippen LogP contribution in [-0.2, 0) is 10.0 Å². The lowest BCUT2D eigenvalue weighted by atomic mass is 10.3. The lowest BCUT2D eigenvalue weighted by Gasteiger charge is -2.10. The zero-order valence-corrected chi connectivity index (χ0v) is 6.69. The van der Waals surface area contributed by atoms with Gasteiger partial charge in [-0.2, -0.15) is 0 Å². The Balaban J connectivity index is 2.62. The molecule has 0 spiro atoms. The van der Waals surface area contributed by atoms with Gasteiger partial charge >= 0.3 is 0 Å². The smallest absolute Gasteiger partial charge is 0.211 e. The molecule has 1 saturated heterocycles. The molecule has 1 fully saturated rings. The van der Waals surface area contributed by atoms with Crippen molar-refractivity contribution in [3.63, 3.8) is 0 Å². The zero-order chi connectivity index (χ0) is 7.78. The van der Waals surface area contributed by atoms with Crippen LogP contribution in [0.5, 0.6) is 0 Å². The average Bonchev–Trinajstić information content (AvgIpc) is 2.11. The predicted molar refractivity (Wildman–Crippen MR) is 37.9 cm³/mol. The van der Waals surface area contributed by atoms with Crippen molar-refractivity contribution in [2.75, 3.05) is 19.3 Å². The van der Waals surface area contributed by atoms with E-state index >= 15 is 0 Å². The van der Waals surface area contributed by atoms with Gasteiger partial charge < -0.3 is 0 Å². The van der Waals surface area contributed by atoms with Gasteiger partial charge in [0.25, 0.3) is 0 Å². The molecular formula is C5H11N2O2S. The molecule has 0 aromatic carbocycles. The maximum atomic E-state index is 10.8. The first-order chi connectivity index (χ1) is 4.50. The summed E-state index contributed by atoms with van der Waals surface area (Å²) in [5.41, 5.74) is 7.24. The van der Waals surface area contributed by atoms with E-state index in [0.717, 1.165) is 0 Å². The summed E-state index contributed by atoms with van der Waals surface area (Å²) < 4.78 is 23.0. The second-order valence-corrected chi connectivity index (χ2v) is 4.59. The van der Waals surface area contributed by atoms with Crippen molar-refractivity contribution in [2.24, 2.45) is 0 Å². The van der Waals surface area contributed by atoms with Crippen molar-refractivity contribution in [1.82, 2.24) is 10.0 Å². The summed E-state index contributed by atoms with van der Waals surface area (Å²) >= 11 is 0. The predicted octanol–water partition coefficient (Wildman–Crippen LogP) is -0.697. The lowest BCUT2D eigenvalue weighted by Crippen LogP contribution is -2.28. The lowest BCUT2D eigenvalue weighted by molar-refractivity contribution is 0.477. The Morgan fingerprint density at radius 1 is 1.60 bits per heavy atom. The molecule has 0 aliphatic carbocycles. The maximum Gasteiger partial charge on any atom is 0.211 e. The fourth-order valence-electron chi connectivity index (χ4n) is 1.03. The third-order valence-corrected chi connectivity index (χ3v) is 2.89. The zero-order valence-electron chi connectivity index (χ0n) is 5.87. The number of hydrogen-bond donors (Lipinski definition) is 0. The molecule has 0 aromatic heterocycles. The number of rotatable bonds is 1. The topological polar surface area (TPSA) is 61.2 Å². The summed E-state index contributed by atoms with van der Waals surface area (Å²) in [6.07, 6.45) is 1.86. The van der Waals surface area contributed by atoms with Crippen LogP contribution in [0.3, 0.4) is 0 Å². The molecule has 1 aliphatic rings. The molecule has 1 atom stereocenters. The number of hydrogen-bond acceptors (Lipinski definition) is 2. The highest BCUT2D eigenvalue weighted by molar-refractivity contribution is 7.88. The van der Waals surface area contributed by atoms with E-state index in [2.05, 4.69) is 0 Å². The molecule has 1 unspecified atom stereocenters. The Morgan fingerprint density at radius 2 is 2.20 bits per heavy atom. The average molecular weight is 163 g/mol. The van der Waals surface area contributed by atoms with E-state index in [-0.39, 0.29) is 6.04 Å². The first kappa shape index (κ1) is 7.97. The minimum absolute atomic E-state index is 0.213. The van der Waals surface area contributed by atoms with Gasteiger partial charge in [-0.05, 0) is 6.42 Å². The summed E-state index contributed by atoms with van der Waals surface area (Å²) in [5, 5.41) is 0. The van der Waals surface area contributed by atoms with E-state index in [9.17, 15) is 8.42 Å². The van der Waals surface area contributed by atoms with Gasteiger partial charge in [0, 0.05) is 19.1 Å². The van der Waals surface area contributed by atoms with Crippen LogP contribution in [-0.4, -0.2) is 38.1 Å². The molecule has 1 N–H and O–H groups in total. The van der Waals surface area contributed by atoms with Crippen molar-refractivity contribution < 1.29 is 8.42 Å². The monoisotopic (exact) mass is 163 g/mol. The molecule has 0 bridgehead atoms. The van der Waals surface area contributed by atoms with Crippen molar-refractivity contribution in [3.05, 3.63) is 0 Å². The van der Waals surface area contributed by atoms with Crippen molar-refractivity contribution in [2.45, 2.75) is 12.5 Å². The highest BCUT2D eigenvalue weighted by Crippen LogP contribution is 2.10. The van der Waals surface area contributed by atoms with Crippen LogP contribution in [0.25, 0.3) is 0 Å². The van der Waals surface area contributed by atoms with Gasteiger partial charge in [-0.15, -0.1) is 0 Å². The largest absolute Gasteiger partial charge is 0.253 e. The standard InChI is InChI=1S/C5H11N2O2S/c1-10(8,9)7-3-2-5(6)4-7/h5-6H,2-4H2,1H3. The van der Waals surface area contributed by atoms with E-state index in [1.54, 1.807) is 0 Å². The van der Waals surface area contributed by atoms with Crippen molar-refractivity contribution in [3.8, 4) is 0 Å². The van der Waals surface area contributed by atoms with Crippen molar-refractivity contribution >= 4 is 10.0 Å². The second-order valence-electron chi connectivity index (χ2n) is 2.61. The van der Waals surface area contributed by atoms with Gasteiger partial charge in [-0.3, -0.25) is 5.73 Å². The van der Waals surface area contributed by atoms with Crippen LogP contribution >= 0.6 is 0 Å². The first-order valence-corrected chi connectivity index (χ1v) is 5.01. The van der Waals surface area contributed by atoms with Gasteiger partial charge in [0.2, 0.25) is 10.0 Å². The molecule has 0 aromatic rings. The highest BCUT2D eigenvalue weighted by Gasteiger charge is 2.26. The fraction of sp³-hybridized carbons (Fsp3) is 1.00. The Bertz CT molecular complexity index is 212. The summed E-state index contributed by atoms with van der Waals surface area (Å²) in [6.45, 7) is 0.895. The van der Waals surface area contributed by atoms with Crippen LogP contribution in [0.4, 0.5) is 0 Å². The van der Waals surface area contributed by atoms with E-state index in [1.807, 2.05) is 0 Å². The molecule has 5 heteroatoms. The van der Waals surface area contributed by atoms with E-state index in [4.69, 9.17) is 5.73 Å². The number of nitrogens with zero attached hydrogens (tertiary/aromatic N) is 1. The minimum atomic E-state index is -3.02. The van der Waals surface area contributed by atoms with Crippen LogP contribution in [0.1, 0.15) is 6.42 Å². The molecule has 0 amide bonds. The molecule has 4 nitrogen and oxygen atoms in total. The van der Waals surface area contributed by atoms with Crippen molar-refractivity contribution in [1.29, 1.82) is 0 Å². The summed E-state index contributed by atoms with van der Waals surface area (Å²) in [5.74, 6) is 0. The van der Waals surface area contributed by atoms with Gasteiger partial charge in [-0.1, -0.05) is 0 Å². The molecule has 0 saturated carbocycles. The Hall–Kier alpha value is -0.130. The molecule has 10 heavy (non-hydrogen) atoms. The van der Waals surface area contributed by atoms with Gasteiger partial charge in [0.1, 0.15) is 0 Å². The van der Waals surface area contributed by atoms with Gasteiger partial charge in [-0.25, -0.2) is 12.7 Å². The quantitative estimate of drug-likeness (QED) is 0.513. The first-order valence-electron chi connectivity index (χ1n) is 3.16. The molecule has 1 heterocycles. The van der Waals surface area contributed by atoms with E-state index < -0.39 is 10.0 Å². The minimum Gasteiger partial charge on any atom is -0.253 e. The Morgan fingerprint density at radius 3 is 2.40 bits per heavy atom. The Kier molecular flexibility index (Phi) is 1.98. The molecule has 59 valence electrons. The molecule has 1 aliphatic heterocycles. The fourth-order valence-corrected chi connectivity index (χ4v) is 1.92. The highest BCUT2D eigenvalue weighted by atomic mass is 32.2.